The molecule has 3 rings (SSSR count). The van der Waals surface area contributed by atoms with Gasteiger partial charge < -0.3 is 14.4 Å². The van der Waals surface area contributed by atoms with Crippen molar-refractivity contribution in [3.63, 3.8) is 0 Å². The Balaban J connectivity index is 1.83. The van der Waals surface area contributed by atoms with Gasteiger partial charge in [-0.3, -0.25) is 0 Å². The van der Waals surface area contributed by atoms with Gasteiger partial charge in [-0.25, -0.2) is 13.1 Å². The highest BCUT2D eigenvalue weighted by Gasteiger charge is 2.23. The maximum atomic E-state index is 12.7. The first-order chi connectivity index (χ1) is 12.8. The molecule has 7 heteroatoms. The van der Waals surface area contributed by atoms with Gasteiger partial charge in [0, 0.05) is 43.9 Å². The average molecular weight is 391 g/mol. The van der Waals surface area contributed by atoms with Crippen LogP contribution in [0.25, 0.3) is 0 Å². The molecule has 0 aromatic heterocycles. The lowest BCUT2D eigenvalue weighted by Gasteiger charge is -2.15. The fourth-order valence-electron chi connectivity index (χ4n) is 3.09. The Morgan fingerprint density at radius 1 is 1.26 bits per heavy atom. The first kappa shape index (κ1) is 19.5. The van der Waals surface area contributed by atoms with Crippen molar-refractivity contribution >= 4 is 15.7 Å². The number of hydrogen-bond donors (Lipinski definition) is 1. The summed E-state index contributed by atoms with van der Waals surface area (Å²) in [6, 6.07) is 10.7. The van der Waals surface area contributed by atoms with Gasteiger partial charge >= 0.3 is 0 Å². The van der Waals surface area contributed by atoms with Gasteiger partial charge in [-0.2, -0.15) is 0 Å². The summed E-state index contributed by atoms with van der Waals surface area (Å²) in [5.41, 5.74) is 2.68. The molecule has 0 aliphatic carbocycles. The van der Waals surface area contributed by atoms with Crippen LogP contribution in [0.2, 0.25) is 0 Å². The predicted octanol–water partition coefficient (Wildman–Crippen LogP) is 2.95. The SMILES string of the molecule is CCOc1cc2c(cc1CNS(=O)(=O)c1cccc(N(C)C)c1)O[C@H](C)C2. The summed E-state index contributed by atoms with van der Waals surface area (Å²) < 4.78 is 39.7. The molecule has 0 bridgehead atoms. The van der Waals surface area contributed by atoms with E-state index in [-0.39, 0.29) is 17.5 Å². The van der Waals surface area contributed by atoms with E-state index in [9.17, 15) is 8.42 Å². The van der Waals surface area contributed by atoms with Crippen LogP contribution >= 0.6 is 0 Å². The highest BCUT2D eigenvalue weighted by molar-refractivity contribution is 7.89. The second-order valence-corrected chi connectivity index (χ2v) is 8.62. The standard InChI is InChI=1S/C20H26N2O4S/c1-5-25-19-10-15-9-14(2)26-20(15)11-16(19)13-21-27(23,24)18-8-6-7-17(12-18)22(3)4/h6-8,10-12,14,21H,5,9,13H2,1-4H3/t14-/m1/s1. The molecule has 1 atom stereocenters. The number of benzene rings is 2. The Hall–Kier alpha value is -2.25. The van der Waals surface area contributed by atoms with E-state index in [1.165, 1.54) is 0 Å². The van der Waals surface area contributed by atoms with Crippen LogP contribution in [0.4, 0.5) is 5.69 Å². The summed E-state index contributed by atoms with van der Waals surface area (Å²) in [5.74, 6) is 1.49. The second kappa shape index (κ2) is 7.78. The van der Waals surface area contributed by atoms with Crippen molar-refractivity contribution in [2.45, 2.75) is 37.8 Å². The third kappa shape index (κ3) is 4.36. The monoisotopic (exact) mass is 390 g/mol. The Morgan fingerprint density at radius 3 is 2.74 bits per heavy atom. The lowest BCUT2D eigenvalue weighted by molar-refractivity contribution is 0.254. The zero-order chi connectivity index (χ0) is 19.6. The maximum absolute atomic E-state index is 12.7. The number of nitrogens with one attached hydrogen (secondary N) is 1. The molecule has 0 saturated carbocycles. The minimum Gasteiger partial charge on any atom is -0.494 e. The van der Waals surface area contributed by atoms with Crippen molar-refractivity contribution in [3.8, 4) is 11.5 Å². The van der Waals surface area contributed by atoms with Crippen LogP contribution in [0.1, 0.15) is 25.0 Å². The van der Waals surface area contributed by atoms with Gasteiger partial charge in [-0.05, 0) is 44.2 Å². The minimum absolute atomic E-state index is 0.121. The van der Waals surface area contributed by atoms with Crippen LogP contribution in [0.3, 0.4) is 0 Å². The normalized spacial score (nSPS) is 15.9. The van der Waals surface area contributed by atoms with Gasteiger partial charge in [0.25, 0.3) is 0 Å². The van der Waals surface area contributed by atoms with Gasteiger partial charge in [0.15, 0.2) is 0 Å². The molecule has 1 aliphatic heterocycles. The van der Waals surface area contributed by atoms with Crippen molar-refractivity contribution in [3.05, 3.63) is 47.5 Å². The summed E-state index contributed by atoms with van der Waals surface area (Å²) in [5, 5.41) is 0. The third-order valence-electron chi connectivity index (χ3n) is 4.48. The van der Waals surface area contributed by atoms with E-state index in [0.717, 1.165) is 29.0 Å². The van der Waals surface area contributed by atoms with Crippen molar-refractivity contribution in [1.29, 1.82) is 0 Å². The van der Waals surface area contributed by atoms with E-state index in [4.69, 9.17) is 9.47 Å². The van der Waals surface area contributed by atoms with Crippen LogP contribution in [0.5, 0.6) is 11.5 Å². The van der Waals surface area contributed by atoms with Crippen molar-refractivity contribution in [2.24, 2.45) is 0 Å². The van der Waals surface area contributed by atoms with E-state index in [2.05, 4.69) is 4.72 Å². The van der Waals surface area contributed by atoms with E-state index < -0.39 is 10.0 Å². The van der Waals surface area contributed by atoms with Crippen molar-refractivity contribution in [1.82, 2.24) is 4.72 Å². The predicted molar refractivity (Wildman–Crippen MR) is 106 cm³/mol. The number of rotatable bonds is 7. The number of nitrogens with zero attached hydrogens (tertiary/aromatic N) is 1. The van der Waals surface area contributed by atoms with Crippen LogP contribution in [0, 0.1) is 0 Å². The molecule has 1 heterocycles. The van der Waals surface area contributed by atoms with Gasteiger partial charge in [0.2, 0.25) is 10.0 Å². The number of sulfonamides is 1. The number of fused-ring (bicyclic) bond motifs is 1. The number of ether oxygens (including phenoxy) is 2. The van der Waals surface area contributed by atoms with Crippen molar-refractivity contribution < 1.29 is 17.9 Å². The van der Waals surface area contributed by atoms with E-state index in [0.29, 0.717) is 12.4 Å². The molecule has 0 saturated heterocycles. The smallest absolute Gasteiger partial charge is 0.240 e. The second-order valence-electron chi connectivity index (χ2n) is 6.85. The van der Waals surface area contributed by atoms with Crippen LogP contribution in [-0.2, 0) is 23.0 Å². The minimum atomic E-state index is -3.64. The molecule has 1 N–H and O–H groups in total. The first-order valence-electron chi connectivity index (χ1n) is 9.02. The molecule has 27 heavy (non-hydrogen) atoms. The maximum Gasteiger partial charge on any atom is 0.240 e. The fourth-order valence-corrected chi connectivity index (χ4v) is 4.14. The van der Waals surface area contributed by atoms with Gasteiger partial charge in [-0.15, -0.1) is 0 Å². The van der Waals surface area contributed by atoms with Gasteiger partial charge in [0.05, 0.1) is 11.5 Å². The van der Waals surface area contributed by atoms with Crippen LogP contribution in [0.15, 0.2) is 41.3 Å². The number of hydrogen-bond acceptors (Lipinski definition) is 5. The molecular formula is C20H26N2O4S. The zero-order valence-electron chi connectivity index (χ0n) is 16.2. The molecule has 0 unspecified atom stereocenters. The quantitative estimate of drug-likeness (QED) is 0.787. The lowest BCUT2D eigenvalue weighted by Crippen LogP contribution is -2.24. The van der Waals surface area contributed by atoms with Gasteiger partial charge in [0.1, 0.15) is 17.6 Å². The van der Waals surface area contributed by atoms with E-state index >= 15 is 0 Å². The first-order valence-corrected chi connectivity index (χ1v) is 10.5. The summed E-state index contributed by atoms with van der Waals surface area (Å²) in [7, 11) is 0.104. The van der Waals surface area contributed by atoms with Crippen LogP contribution in [-0.4, -0.2) is 35.2 Å². The largest absolute Gasteiger partial charge is 0.494 e. The van der Waals surface area contributed by atoms with Crippen molar-refractivity contribution in [2.75, 3.05) is 25.6 Å². The van der Waals surface area contributed by atoms with E-state index in [1.54, 1.807) is 18.2 Å². The summed E-state index contributed by atoms with van der Waals surface area (Å²) in [4.78, 5) is 2.10. The molecule has 0 spiro atoms. The van der Waals surface area contributed by atoms with E-state index in [1.807, 2.05) is 51.0 Å². The zero-order valence-corrected chi connectivity index (χ0v) is 17.0. The molecular weight excluding hydrogens is 364 g/mol. The third-order valence-corrected chi connectivity index (χ3v) is 5.87. The average Bonchev–Trinajstić information content (AvgIpc) is 2.99. The topological polar surface area (TPSA) is 67.9 Å². The number of anilines is 1. The Bertz CT molecular complexity index is 926. The fraction of sp³-hybridized carbons (Fsp3) is 0.400. The Kier molecular flexibility index (Phi) is 5.62. The molecule has 6 nitrogen and oxygen atoms in total. The van der Waals surface area contributed by atoms with Crippen LogP contribution < -0.4 is 19.1 Å². The molecule has 0 fully saturated rings. The summed E-state index contributed by atoms with van der Waals surface area (Å²) >= 11 is 0. The summed E-state index contributed by atoms with van der Waals surface area (Å²) in [6.07, 6.45) is 0.953. The molecule has 1 aliphatic rings. The molecule has 2 aromatic rings. The molecule has 2 aromatic carbocycles. The Morgan fingerprint density at radius 2 is 2.04 bits per heavy atom. The lowest BCUT2D eigenvalue weighted by atomic mass is 10.1. The molecule has 146 valence electrons. The Labute approximate surface area is 161 Å². The van der Waals surface area contributed by atoms with Gasteiger partial charge in [-0.1, -0.05) is 6.07 Å². The highest BCUT2D eigenvalue weighted by atomic mass is 32.2. The molecule has 0 radical (unpaired) electrons. The highest BCUT2D eigenvalue weighted by Crippen LogP contribution is 2.35. The summed E-state index contributed by atoms with van der Waals surface area (Å²) in [6.45, 7) is 4.57. The molecule has 0 amide bonds.